The molecule has 1 atom stereocenters. The van der Waals surface area contributed by atoms with Crippen LogP contribution in [0.15, 0.2) is 40.2 Å². The van der Waals surface area contributed by atoms with Gasteiger partial charge in [-0.25, -0.2) is 4.99 Å². The van der Waals surface area contributed by atoms with Crippen LogP contribution in [0, 0.1) is 10.8 Å². The van der Waals surface area contributed by atoms with Crippen molar-refractivity contribution >= 4 is 17.9 Å². The van der Waals surface area contributed by atoms with Crippen LogP contribution in [0.5, 0.6) is 0 Å². The average molecular weight is 288 g/mol. The van der Waals surface area contributed by atoms with Crippen LogP contribution in [0.25, 0.3) is 0 Å². The van der Waals surface area contributed by atoms with E-state index >= 15 is 0 Å². The van der Waals surface area contributed by atoms with Crippen LogP contribution >= 0.6 is 0 Å². The SMILES string of the molecule is CC(/C=C1\C2COCCN12)=C(\C=N)C(=N)N=C(N)/C=C\N. The molecule has 7 nitrogen and oxygen atoms in total. The molecular weight excluding hydrogens is 268 g/mol. The van der Waals surface area contributed by atoms with Gasteiger partial charge in [0, 0.05) is 24.0 Å². The van der Waals surface area contributed by atoms with Gasteiger partial charge in [0.05, 0.1) is 19.3 Å². The third kappa shape index (κ3) is 3.38. The molecule has 0 amide bonds. The summed E-state index contributed by atoms with van der Waals surface area (Å²) in [4.78, 5) is 6.17. The molecule has 1 unspecified atom stereocenters. The number of amidine groups is 2. The Morgan fingerprint density at radius 2 is 2.29 bits per heavy atom. The zero-order valence-electron chi connectivity index (χ0n) is 12.0. The minimum Gasteiger partial charge on any atom is -0.404 e. The van der Waals surface area contributed by atoms with E-state index < -0.39 is 0 Å². The second kappa shape index (κ2) is 6.36. The van der Waals surface area contributed by atoms with Crippen molar-refractivity contribution in [2.24, 2.45) is 16.5 Å². The maximum absolute atomic E-state index is 7.93. The van der Waals surface area contributed by atoms with Gasteiger partial charge in [-0.05, 0) is 30.8 Å². The highest BCUT2D eigenvalue weighted by Crippen LogP contribution is 2.36. The number of nitrogens with zero attached hydrogens (tertiary/aromatic N) is 2. The van der Waals surface area contributed by atoms with Crippen LogP contribution in [-0.2, 0) is 4.74 Å². The van der Waals surface area contributed by atoms with Crippen molar-refractivity contribution in [2.45, 2.75) is 13.0 Å². The number of hydrogen-bond donors (Lipinski definition) is 4. The molecule has 2 aliphatic rings. The zero-order chi connectivity index (χ0) is 15.4. The molecule has 0 aromatic carbocycles. The van der Waals surface area contributed by atoms with Gasteiger partial charge in [0.2, 0.25) is 0 Å². The molecule has 0 bridgehead atoms. The van der Waals surface area contributed by atoms with E-state index in [1.54, 1.807) is 0 Å². The van der Waals surface area contributed by atoms with Crippen molar-refractivity contribution in [3.63, 3.8) is 0 Å². The van der Waals surface area contributed by atoms with Gasteiger partial charge in [0.25, 0.3) is 0 Å². The number of nitrogens with one attached hydrogen (secondary N) is 2. The molecule has 2 saturated heterocycles. The van der Waals surface area contributed by atoms with E-state index in [-0.39, 0.29) is 11.7 Å². The van der Waals surface area contributed by atoms with Gasteiger partial charge in [-0.3, -0.25) is 5.41 Å². The van der Waals surface area contributed by atoms with Crippen molar-refractivity contribution in [1.29, 1.82) is 10.8 Å². The van der Waals surface area contributed by atoms with Crippen LogP contribution in [0.3, 0.4) is 0 Å². The number of nitrogens with two attached hydrogens (primary N) is 2. The summed E-state index contributed by atoms with van der Waals surface area (Å²) in [7, 11) is 0. The molecule has 0 radical (unpaired) electrons. The molecule has 2 fully saturated rings. The Bertz CT molecular complexity index is 558. The highest BCUT2D eigenvalue weighted by Gasteiger charge is 2.42. The lowest BCUT2D eigenvalue weighted by molar-refractivity contribution is 0.0876. The van der Waals surface area contributed by atoms with E-state index in [4.69, 9.17) is 27.0 Å². The average Bonchev–Trinajstić information content (AvgIpc) is 3.13. The Morgan fingerprint density at radius 1 is 1.52 bits per heavy atom. The molecule has 0 saturated carbocycles. The second-order valence-electron chi connectivity index (χ2n) is 4.84. The summed E-state index contributed by atoms with van der Waals surface area (Å²) in [6.07, 6.45) is 5.77. The fraction of sp³-hybridized carbons (Fsp3) is 0.357. The molecule has 21 heavy (non-hydrogen) atoms. The van der Waals surface area contributed by atoms with E-state index in [0.29, 0.717) is 18.2 Å². The third-order valence-electron chi connectivity index (χ3n) is 3.43. The van der Waals surface area contributed by atoms with Crippen LogP contribution in [0.2, 0.25) is 0 Å². The molecule has 7 heteroatoms. The smallest absolute Gasteiger partial charge is 0.155 e. The standard InChI is InChI=1S/C14H20N6O/c1-9(6-11-12-8-21-5-4-20(11)12)10(7-16)14(18)19-13(17)2-3-15/h2-3,6-7,12,16H,4-5,8,15H2,1H3,(H3,17,18,19)/b3-2-,10-9-,11-6+,16-7?. The topological polar surface area (TPSA) is 124 Å². The van der Waals surface area contributed by atoms with Crippen molar-refractivity contribution in [3.05, 3.63) is 35.2 Å². The molecule has 0 aromatic heterocycles. The summed E-state index contributed by atoms with van der Waals surface area (Å²) >= 11 is 0. The summed E-state index contributed by atoms with van der Waals surface area (Å²) < 4.78 is 5.41. The monoisotopic (exact) mass is 288 g/mol. The highest BCUT2D eigenvalue weighted by molar-refractivity contribution is 6.18. The first-order chi connectivity index (χ1) is 10.1. The summed E-state index contributed by atoms with van der Waals surface area (Å²) in [5.41, 5.74) is 13.2. The lowest BCUT2D eigenvalue weighted by atomic mass is 10.1. The predicted molar refractivity (Wildman–Crippen MR) is 83.6 cm³/mol. The second-order valence-corrected chi connectivity index (χ2v) is 4.84. The lowest BCUT2D eigenvalue weighted by Crippen LogP contribution is -2.20. The van der Waals surface area contributed by atoms with Crippen molar-refractivity contribution in [2.75, 3.05) is 19.8 Å². The number of ether oxygens (including phenoxy) is 1. The summed E-state index contributed by atoms with van der Waals surface area (Å²) in [6.45, 7) is 4.21. The van der Waals surface area contributed by atoms with Crippen molar-refractivity contribution in [1.82, 2.24) is 4.90 Å². The van der Waals surface area contributed by atoms with Gasteiger partial charge in [0.15, 0.2) is 5.84 Å². The van der Waals surface area contributed by atoms with Crippen LogP contribution in [-0.4, -0.2) is 48.6 Å². The van der Waals surface area contributed by atoms with E-state index in [9.17, 15) is 0 Å². The Kier molecular flexibility index (Phi) is 4.54. The first-order valence-corrected chi connectivity index (χ1v) is 6.67. The molecular formula is C14H20N6O. The summed E-state index contributed by atoms with van der Waals surface area (Å²) in [6, 6.07) is 0.351. The number of morpholine rings is 1. The Balaban J connectivity index is 2.19. The quantitative estimate of drug-likeness (QED) is 0.338. The van der Waals surface area contributed by atoms with Crippen LogP contribution < -0.4 is 11.5 Å². The number of fused-ring (bicyclic) bond motifs is 1. The predicted octanol–water partition coefficient (Wildman–Crippen LogP) is 0.358. The maximum atomic E-state index is 7.93. The number of aliphatic imine (C=N–C) groups is 1. The Labute approximate surface area is 123 Å². The molecule has 0 aromatic rings. The summed E-state index contributed by atoms with van der Waals surface area (Å²) in [5.74, 6) is 0.0874. The molecule has 2 heterocycles. The number of hydrogen-bond acceptors (Lipinski definition) is 5. The summed E-state index contributed by atoms with van der Waals surface area (Å²) in [5, 5.41) is 15.4. The highest BCUT2D eigenvalue weighted by atomic mass is 16.5. The minimum atomic E-state index is -0.0511. The fourth-order valence-electron chi connectivity index (χ4n) is 2.29. The van der Waals surface area contributed by atoms with Gasteiger partial charge in [0.1, 0.15) is 5.84 Å². The van der Waals surface area contributed by atoms with E-state index in [2.05, 4.69) is 9.89 Å². The van der Waals surface area contributed by atoms with E-state index in [0.717, 1.165) is 24.9 Å². The first kappa shape index (κ1) is 15.0. The minimum absolute atomic E-state index is 0.0511. The molecule has 6 N–H and O–H groups in total. The molecule has 112 valence electrons. The third-order valence-corrected chi connectivity index (χ3v) is 3.43. The van der Waals surface area contributed by atoms with Crippen molar-refractivity contribution in [3.8, 4) is 0 Å². The fourth-order valence-corrected chi connectivity index (χ4v) is 2.29. The van der Waals surface area contributed by atoms with E-state index in [1.807, 2.05) is 13.0 Å². The first-order valence-electron chi connectivity index (χ1n) is 6.67. The zero-order valence-corrected chi connectivity index (χ0v) is 12.0. The van der Waals surface area contributed by atoms with E-state index in [1.165, 1.54) is 18.0 Å². The maximum Gasteiger partial charge on any atom is 0.155 e. The van der Waals surface area contributed by atoms with Gasteiger partial charge >= 0.3 is 0 Å². The number of rotatable bonds is 4. The van der Waals surface area contributed by atoms with Crippen LogP contribution in [0.4, 0.5) is 0 Å². The lowest BCUT2D eigenvalue weighted by Gasteiger charge is -2.10. The molecule has 2 rings (SSSR count). The van der Waals surface area contributed by atoms with Crippen LogP contribution in [0.1, 0.15) is 6.92 Å². The van der Waals surface area contributed by atoms with Gasteiger partial charge in [-0.15, -0.1) is 0 Å². The van der Waals surface area contributed by atoms with Gasteiger partial charge in [-0.1, -0.05) is 0 Å². The largest absolute Gasteiger partial charge is 0.404 e. The Morgan fingerprint density at radius 3 is 2.86 bits per heavy atom. The van der Waals surface area contributed by atoms with Crippen molar-refractivity contribution < 1.29 is 4.74 Å². The Hall–Kier alpha value is -2.41. The molecule has 2 aliphatic heterocycles. The number of allylic oxidation sites excluding steroid dienone is 2. The van der Waals surface area contributed by atoms with Gasteiger partial charge in [-0.2, -0.15) is 0 Å². The molecule has 0 aliphatic carbocycles. The molecule has 0 spiro atoms. The normalized spacial score (nSPS) is 24.8. The van der Waals surface area contributed by atoms with Gasteiger partial charge < -0.3 is 26.5 Å².